The number of carbonyl (C=O) groups is 1. The van der Waals surface area contributed by atoms with Gasteiger partial charge < -0.3 is 14.4 Å². The molecule has 78 valence electrons. The second-order valence-corrected chi connectivity index (χ2v) is 3.11. The molecule has 6 nitrogen and oxygen atoms in total. The molecule has 0 radical (unpaired) electrons. The van der Waals surface area contributed by atoms with Crippen LogP contribution in [0.15, 0.2) is 21.3 Å². The van der Waals surface area contributed by atoms with Crippen molar-refractivity contribution in [3.8, 4) is 0 Å². The zero-order valence-electron chi connectivity index (χ0n) is 8.27. The van der Waals surface area contributed by atoms with Gasteiger partial charge in [-0.05, 0) is 13.8 Å². The number of rotatable bonds is 2. The van der Waals surface area contributed by atoms with E-state index in [9.17, 15) is 4.79 Å². The molecule has 0 fully saturated rings. The van der Waals surface area contributed by atoms with E-state index in [1.165, 1.54) is 6.20 Å². The molecule has 0 unspecified atom stereocenters. The number of amides is 1. The first-order valence-electron chi connectivity index (χ1n) is 4.33. The van der Waals surface area contributed by atoms with Crippen LogP contribution >= 0.6 is 0 Å². The summed E-state index contributed by atoms with van der Waals surface area (Å²) in [5.41, 5.74) is 0.674. The topological polar surface area (TPSA) is 81.2 Å². The first-order valence-corrected chi connectivity index (χ1v) is 4.33. The summed E-state index contributed by atoms with van der Waals surface area (Å²) in [7, 11) is 0. The van der Waals surface area contributed by atoms with Crippen LogP contribution in [0.4, 0.5) is 5.82 Å². The van der Waals surface area contributed by atoms with Gasteiger partial charge in [-0.1, -0.05) is 10.3 Å². The molecule has 1 amide bonds. The van der Waals surface area contributed by atoms with Crippen LogP contribution in [-0.2, 0) is 0 Å². The first kappa shape index (κ1) is 9.45. The van der Waals surface area contributed by atoms with E-state index in [0.29, 0.717) is 17.1 Å². The minimum absolute atomic E-state index is 0.177. The molecular weight excluding hydrogens is 198 g/mol. The number of nitrogens with one attached hydrogen (secondary N) is 1. The molecule has 6 heteroatoms. The summed E-state index contributed by atoms with van der Waals surface area (Å²) in [6, 6.07) is 1.61. The summed E-state index contributed by atoms with van der Waals surface area (Å²) in [5, 5.41) is 9.66. The van der Waals surface area contributed by atoms with E-state index in [-0.39, 0.29) is 5.76 Å². The maximum atomic E-state index is 11.6. The Bertz CT molecular complexity index is 486. The van der Waals surface area contributed by atoms with Crippen molar-refractivity contribution in [2.45, 2.75) is 13.8 Å². The van der Waals surface area contributed by atoms with Gasteiger partial charge in [-0.3, -0.25) is 4.79 Å². The zero-order chi connectivity index (χ0) is 10.8. The van der Waals surface area contributed by atoms with Crippen molar-refractivity contribution in [2.24, 2.45) is 0 Å². The van der Waals surface area contributed by atoms with Crippen LogP contribution in [0.3, 0.4) is 0 Å². The van der Waals surface area contributed by atoms with Gasteiger partial charge in [0.15, 0.2) is 5.82 Å². The largest absolute Gasteiger partial charge is 0.360 e. The smallest absolute Gasteiger partial charge is 0.295 e. The van der Waals surface area contributed by atoms with Crippen LogP contribution in [0.5, 0.6) is 0 Å². The lowest BCUT2D eigenvalue weighted by atomic mass is 10.3. The molecule has 15 heavy (non-hydrogen) atoms. The minimum Gasteiger partial charge on any atom is -0.360 e. The lowest BCUT2D eigenvalue weighted by Crippen LogP contribution is -2.12. The lowest BCUT2D eigenvalue weighted by Gasteiger charge is -1.96. The van der Waals surface area contributed by atoms with Crippen molar-refractivity contribution < 1.29 is 13.8 Å². The maximum Gasteiger partial charge on any atom is 0.295 e. The Morgan fingerprint density at radius 3 is 2.73 bits per heavy atom. The van der Waals surface area contributed by atoms with Crippen LogP contribution in [-0.4, -0.2) is 16.2 Å². The summed E-state index contributed by atoms with van der Waals surface area (Å²) < 4.78 is 9.59. The average Bonchev–Trinajstić information content (AvgIpc) is 2.75. The second kappa shape index (κ2) is 3.56. The molecule has 0 spiro atoms. The molecular formula is C9H9N3O3. The molecule has 2 aromatic heterocycles. The summed E-state index contributed by atoms with van der Waals surface area (Å²) in [4.78, 5) is 11.6. The number of carbonyl (C=O) groups excluding carboxylic acids is 1. The average molecular weight is 207 g/mol. The molecule has 0 saturated heterocycles. The quantitative estimate of drug-likeness (QED) is 0.807. The van der Waals surface area contributed by atoms with Gasteiger partial charge in [0.05, 0.1) is 6.20 Å². The zero-order valence-corrected chi connectivity index (χ0v) is 8.27. The third kappa shape index (κ3) is 1.88. The van der Waals surface area contributed by atoms with Crippen molar-refractivity contribution in [3.63, 3.8) is 0 Å². The Morgan fingerprint density at radius 2 is 2.20 bits per heavy atom. The highest BCUT2D eigenvalue weighted by molar-refractivity contribution is 6.02. The molecule has 0 atom stereocenters. The highest BCUT2D eigenvalue weighted by Gasteiger charge is 2.15. The van der Waals surface area contributed by atoms with E-state index in [1.807, 2.05) is 0 Å². The van der Waals surface area contributed by atoms with E-state index >= 15 is 0 Å². The summed E-state index contributed by atoms with van der Waals surface area (Å²) in [5.74, 6) is 0.766. The van der Waals surface area contributed by atoms with Gasteiger partial charge in [0.2, 0.25) is 5.76 Å². The van der Waals surface area contributed by atoms with E-state index in [1.54, 1.807) is 19.9 Å². The van der Waals surface area contributed by atoms with Crippen LogP contribution < -0.4 is 5.32 Å². The van der Waals surface area contributed by atoms with Crippen molar-refractivity contribution in [3.05, 3.63) is 29.3 Å². The Labute approximate surface area is 85.2 Å². The second-order valence-electron chi connectivity index (χ2n) is 3.11. The number of anilines is 1. The van der Waals surface area contributed by atoms with Crippen LogP contribution in [0.1, 0.15) is 21.9 Å². The van der Waals surface area contributed by atoms with Crippen molar-refractivity contribution in [1.29, 1.82) is 0 Å². The number of nitrogens with zero attached hydrogens (tertiary/aromatic N) is 2. The summed E-state index contributed by atoms with van der Waals surface area (Å²) >= 11 is 0. The molecule has 0 bridgehead atoms. The molecule has 2 rings (SSSR count). The van der Waals surface area contributed by atoms with Gasteiger partial charge in [-0.2, -0.15) is 0 Å². The predicted octanol–water partition coefficient (Wildman–Crippen LogP) is 1.53. The number of aromatic nitrogens is 2. The SMILES string of the molecule is Cc1cc(NC(=O)c2oncc2C)no1. The molecule has 1 N–H and O–H groups in total. The normalized spacial score (nSPS) is 10.3. The highest BCUT2D eigenvalue weighted by atomic mass is 16.5. The molecule has 0 aliphatic rings. The van der Waals surface area contributed by atoms with Gasteiger partial charge in [0.1, 0.15) is 5.76 Å². The summed E-state index contributed by atoms with van der Waals surface area (Å²) in [6.45, 7) is 3.47. The highest BCUT2D eigenvalue weighted by Crippen LogP contribution is 2.11. The van der Waals surface area contributed by atoms with Gasteiger partial charge in [0, 0.05) is 11.6 Å². The third-order valence-electron chi connectivity index (χ3n) is 1.82. The van der Waals surface area contributed by atoms with Crippen molar-refractivity contribution >= 4 is 11.7 Å². The van der Waals surface area contributed by atoms with E-state index in [0.717, 1.165) is 0 Å². The number of hydrogen-bond acceptors (Lipinski definition) is 5. The molecule has 2 heterocycles. The number of aryl methyl sites for hydroxylation is 2. The van der Waals surface area contributed by atoms with Gasteiger partial charge in [0.25, 0.3) is 5.91 Å². The summed E-state index contributed by atoms with van der Waals surface area (Å²) in [6.07, 6.45) is 1.48. The fraction of sp³-hybridized carbons (Fsp3) is 0.222. The first-order chi connectivity index (χ1) is 7.16. The van der Waals surface area contributed by atoms with Crippen molar-refractivity contribution in [2.75, 3.05) is 5.32 Å². The van der Waals surface area contributed by atoms with E-state index in [4.69, 9.17) is 9.05 Å². The van der Waals surface area contributed by atoms with Gasteiger partial charge >= 0.3 is 0 Å². The van der Waals surface area contributed by atoms with Gasteiger partial charge in [-0.15, -0.1) is 0 Å². The van der Waals surface area contributed by atoms with Crippen LogP contribution in [0.25, 0.3) is 0 Å². The minimum atomic E-state index is -0.390. The molecule has 0 aromatic carbocycles. The fourth-order valence-corrected chi connectivity index (χ4v) is 1.11. The molecule has 0 saturated carbocycles. The standard InChI is InChI=1S/C9H9N3O3/c1-5-4-10-15-8(5)9(13)11-7-3-6(2)14-12-7/h3-4H,1-2H3,(H,11,12,13). The van der Waals surface area contributed by atoms with Crippen LogP contribution in [0.2, 0.25) is 0 Å². The number of hydrogen-bond donors (Lipinski definition) is 1. The van der Waals surface area contributed by atoms with Crippen molar-refractivity contribution in [1.82, 2.24) is 10.3 Å². The third-order valence-corrected chi connectivity index (χ3v) is 1.82. The fourth-order valence-electron chi connectivity index (χ4n) is 1.11. The molecule has 0 aliphatic heterocycles. The maximum absolute atomic E-state index is 11.6. The Morgan fingerprint density at radius 1 is 1.40 bits per heavy atom. The Kier molecular flexibility index (Phi) is 2.24. The van der Waals surface area contributed by atoms with Gasteiger partial charge in [-0.25, -0.2) is 0 Å². The Balaban J connectivity index is 2.14. The Hall–Kier alpha value is -2.11. The lowest BCUT2D eigenvalue weighted by molar-refractivity contribution is 0.0986. The van der Waals surface area contributed by atoms with E-state index < -0.39 is 5.91 Å². The monoisotopic (exact) mass is 207 g/mol. The predicted molar refractivity (Wildman–Crippen MR) is 50.4 cm³/mol. The molecule has 2 aromatic rings. The van der Waals surface area contributed by atoms with E-state index in [2.05, 4.69) is 15.6 Å². The van der Waals surface area contributed by atoms with Crippen LogP contribution in [0, 0.1) is 13.8 Å². The molecule has 0 aliphatic carbocycles.